The van der Waals surface area contributed by atoms with E-state index in [9.17, 15) is 0 Å². The van der Waals surface area contributed by atoms with Crippen LogP contribution in [-0.2, 0) is 11.3 Å². The van der Waals surface area contributed by atoms with Crippen LogP contribution < -0.4 is 10.6 Å². The Morgan fingerprint density at radius 2 is 1.82 bits per heavy atom. The van der Waals surface area contributed by atoms with E-state index in [0.717, 1.165) is 49.6 Å². The van der Waals surface area contributed by atoms with Gasteiger partial charge in [-0.15, -0.1) is 24.0 Å². The predicted octanol–water partition coefficient (Wildman–Crippen LogP) is 3.94. The van der Waals surface area contributed by atoms with E-state index in [1.165, 1.54) is 12.0 Å². The average molecular weight is 484 g/mol. The number of benzene rings is 1. The van der Waals surface area contributed by atoms with Gasteiger partial charge >= 0.3 is 0 Å². The molecular weight excluding hydrogens is 457 g/mol. The number of hydrogen-bond donors (Lipinski definition) is 2. The van der Waals surface area contributed by atoms with Gasteiger partial charge in [-0.3, -0.25) is 4.99 Å². The van der Waals surface area contributed by atoms with Gasteiger partial charge in [0.15, 0.2) is 5.96 Å². The molecule has 0 fully saturated rings. The van der Waals surface area contributed by atoms with Crippen molar-refractivity contribution in [3.63, 3.8) is 0 Å². The molecule has 0 bridgehead atoms. The quantitative estimate of drug-likeness (QED) is 0.242. The van der Waals surface area contributed by atoms with Gasteiger partial charge in [0, 0.05) is 37.8 Å². The van der Waals surface area contributed by atoms with Crippen LogP contribution in [0.15, 0.2) is 33.7 Å². The Kier molecular flexibility index (Phi) is 14.0. The first-order valence-electron chi connectivity index (χ1n) is 7.53. The number of aliphatic imine (C=N–C) groups is 1. The number of unbranched alkanes of at least 4 members (excludes halogenated alkanes) is 1. The Morgan fingerprint density at radius 3 is 2.45 bits per heavy atom. The van der Waals surface area contributed by atoms with E-state index in [0.29, 0.717) is 0 Å². The van der Waals surface area contributed by atoms with Crippen molar-refractivity contribution in [2.75, 3.05) is 26.8 Å². The van der Waals surface area contributed by atoms with Gasteiger partial charge in [-0.25, -0.2) is 0 Å². The van der Waals surface area contributed by atoms with Crippen molar-refractivity contribution in [1.82, 2.24) is 10.6 Å². The number of nitrogens with one attached hydrogen (secondary N) is 2. The topological polar surface area (TPSA) is 45.6 Å². The molecule has 0 aromatic heterocycles. The highest BCUT2D eigenvalue weighted by Crippen LogP contribution is 2.10. The lowest BCUT2D eigenvalue weighted by Crippen LogP contribution is -2.37. The highest BCUT2D eigenvalue weighted by molar-refractivity contribution is 14.0. The van der Waals surface area contributed by atoms with E-state index in [2.05, 4.69) is 50.6 Å². The van der Waals surface area contributed by atoms with Gasteiger partial charge in [-0.05, 0) is 30.5 Å². The van der Waals surface area contributed by atoms with Crippen molar-refractivity contribution < 1.29 is 4.74 Å². The van der Waals surface area contributed by atoms with Crippen LogP contribution in [0.25, 0.3) is 0 Å². The fraction of sp³-hybridized carbons (Fsp3) is 0.562. The zero-order valence-corrected chi connectivity index (χ0v) is 17.3. The largest absolute Gasteiger partial charge is 0.381 e. The van der Waals surface area contributed by atoms with Crippen molar-refractivity contribution in [3.05, 3.63) is 34.3 Å². The predicted molar refractivity (Wildman–Crippen MR) is 108 cm³/mol. The molecule has 6 heteroatoms. The molecule has 1 rings (SSSR count). The average Bonchev–Trinajstić information content (AvgIpc) is 2.51. The second-order valence-corrected chi connectivity index (χ2v) is 5.71. The number of hydrogen-bond acceptors (Lipinski definition) is 2. The number of guanidine groups is 1. The third-order valence-corrected chi connectivity index (χ3v) is 3.53. The molecule has 22 heavy (non-hydrogen) atoms. The standard InChI is InChI=1S/C16H26BrN3O.HI/c1-3-4-11-21-12-5-10-19-16(18-2)20-13-14-6-8-15(17)9-7-14;/h6-9H,3-5,10-13H2,1-2H3,(H2,18,19,20);1H. The third-order valence-electron chi connectivity index (χ3n) is 3.00. The van der Waals surface area contributed by atoms with Crippen LogP contribution in [0.2, 0.25) is 0 Å². The number of nitrogens with zero attached hydrogens (tertiary/aromatic N) is 1. The molecule has 0 aliphatic heterocycles. The first kappa shape index (κ1) is 21.7. The highest BCUT2D eigenvalue weighted by Gasteiger charge is 1.98. The van der Waals surface area contributed by atoms with Crippen molar-refractivity contribution in [2.24, 2.45) is 4.99 Å². The highest BCUT2D eigenvalue weighted by atomic mass is 127. The molecule has 0 saturated carbocycles. The van der Waals surface area contributed by atoms with E-state index in [-0.39, 0.29) is 24.0 Å². The maximum absolute atomic E-state index is 5.53. The Hall–Kier alpha value is -0.340. The molecular formula is C16H27BrIN3O. The minimum absolute atomic E-state index is 0. The fourth-order valence-corrected chi connectivity index (χ4v) is 2.00. The molecule has 0 amide bonds. The lowest BCUT2D eigenvalue weighted by atomic mass is 10.2. The minimum atomic E-state index is 0. The summed E-state index contributed by atoms with van der Waals surface area (Å²) in [5.74, 6) is 0.825. The minimum Gasteiger partial charge on any atom is -0.381 e. The fourth-order valence-electron chi connectivity index (χ4n) is 1.74. The summed E-state index contributed by atoms with van der Waals surface area (Å²) < 4.78 is 6.62. The molecule has 1 aromatic carbocycles. The Labute approximate surface area is 159 Å². The summed E-state index contributed by atoms with van der Waals surface area (Å²) in [4.78, 5) is 4.21. The van der Waals surface area contributed by atoms with E-state index < -0.39 is 0 Å². The van der Waals surface area contributed by atoms with E-state index >= 15 is 0 Å². The van der Waals surface area contributed by atoms with Crippen LogP contribution in [0.4, 0.5) is 0 Å². The summed E-state index contributed by atoms with van der Waals surface area (Å²) >= 11 is 3.44. The van der Waals surface area contributed by atoms with Crippen LogP contribution >= 0.6 is 39.9 Å². The second kappa shape index (κ2) is 14.3. The van der Waals surface area contributed by atoms with Crippen molar-refractivity contribution in [2.45, 2.75) is 32.7 Å². The van der Waals surface area contributed by atoms with E-state index in [4.69, 9.17) is 4.74 Å². The second-order valence-electron chi connectivity index (χ2n) is 4.80. The Bertz CT molecular complexity index is 412. The van der Waals surface area contributed by atoms with Gasteiger partial charge in [-0.1, -0.05) is 41.4 Å². The molecule has 0 saturated heterocycles. The summed E-state index contributed by atoms with van der Waals surface area (Å²) in [6.07, 6.45) is 3.32. The molecule has 0 unspecified atom stereocenters. The molecule has 0 heterocycles. The number of rotatable bonds is 9. The summed E-state index contributed by atoms with van der Waals surface area (Å²) in [7, 11) is 1.79. The summed E-state index contributed by atoms with van der Waals surface area (Å²) in [5.41, 5.74) is 1.23. The summed E-state index contributed by atoms with van der Waals surface area (Å²) in [6.45, 7) is 5.47. The smallest absolute Gasteiger partial charge is 0.191 e. The summed E-state index contributed by atoms with van der Waals surface area (Å²) in [6, 6.07) is 8.26. The molecule has 4 nitrogen and oxygen atoms in total. The maximum atomic E-state index is 5.53. The van der Waals surface area contributed by atoms with E-state index in [1.54, 1.807) is 7.05 Å². The van der Waals surface area contributed by atoms with Crippen LogP contribution in [0.3, 0.4) is 0 Å². The monoisotopic (exact) mass is 483 g/mol. The molecule has 0 radical (unpaired) electrons. The summed E-state index contributed by atoms with van der Waals surface area (Å²) in [5, 5.41) is 6.59. The van der Waals surface area contributed by atoms with Gasteiger partial charge in [0.05, 0.1) is 0 Å². The lowest BCUT2D eigenvalue weighted by Gasteiger charge is -2.12. The van der Waals surface area contributed by atoms with Crippen LogP contribution in [0, 0.1) is 0 Å². The van der Waals surface area contributed by atoms with Crippen LogP contribution in [0.5, 0.6) is 0 Å². The van der Waals surface area contributed by atoms with Crippen molar-refractivity contribution in [1.29, 1.82) is 0 Å². The van der Waals surface area contributed by atoms with Gasteiger partial charge in [-0.2, -0.15) is 0 Å². The van der Waals surface area contributed by atoms with Crippen LogP contribution in [-0.4, -0.2) is 32.8 Å². The SMILES string of the molecule is CCCCOCCCNC(=NC)NCc1ccc(Br)cc1.I. The zero-order chi connectivity index (χ0) is 15.3. The maximum Gasteiger partial charge on any atom is 0.191 e. The van der Waals surface area contributed by atoms with Crippen LogP contribution in [0.1, 0.15) is 31.7 Å². The van der Waals surface area contributed by atoms with Gasteiger partial charge < -0.3 is 15.4 Å². The Balaban J connectivity index is 0.00000441. The number of halogens is 2. The normalized spacial score (nSPS) is 11.0. The first-order chi connectivity index (χ1) is 10.3. The lowest BCUT2D eigenvalue weighted by molar-refractivity contribution is 0.129. The first-order valence-corrected chi connectivity index (χ1v) is 8.32. The molecule has 0 aliphatic rings. The van der Waals surface area contributed by atoms with Gasteiger partial charge in [0.25, 0.3) is 0 Å². The van der Waals surface area contributed by atoms with Crippen molar-refractivity contribution in [3.8, 4) is 0 Å². The molecule has 2 N–H and O–H groups in total. The van der Waals surface area contributed by atoms with Crippen molar-refractivity contribution >= 4 is 45.9 Å². The zero-order valence-electron chi connectivity index (χ0n) is 13.4. The van der Waals surface area contributed by atoms with Gasteiger partial charge in [0.2, 0.25) is 0 Å². The molecule has 0 spiro atoms. The molecule has 0 atom stereocenters. The molecule has 126 valence electrons. The Morgan fingerprint density at radius 1 is 1.14 bits per heavy atom. The van der Waals surface area contributed by atoms with E-state index in [1.807, 2.05) is 12.1 Å². The number of ether oxygens (including phenoxy) is 1. The third kappa shape index (κ3) is 10.4. The molecule has 1 aromatic rings. The molecule has 0 aliphatic carbocycles. The van der Waals surface area contributed by atoms with Gasteiger partial charge in [0.1, 0.15) is 0 Å².